The topological polar surface area (TPSA) is 130 Å². The van der Waals surface area contributed by atoms with Crippen molar-refractivity contribution in [2.45, 2.75) is 57.4 Å². The van der Waals surface area contributed by atoms with Gasteiger partial charge in [0.2, 0.25) is 0 Å². The normalized spacial score (nSPS) is 19.7. The van der Waals surface area contributed by atoms with E-state index in [1.165, 1.54) is 11.0 Å². The van der Waals surface area contributed by atoms with Crippen molar-refractivity contribution in [2.75, 3.05) is 36.5 Å². The Morgan fingerprint density at radius 2 is 2.02 bits per heavy atom. The molecule has 1 atom stereocenters. The predicted molar refractivity (Wildman–Crippen MR) is 161 cm³/mol. The maximum atomic E-state index is 14.5. The Kier molecular flexibility index (Phi) is 7.75. The second-order valence-electron chi connectivity index (χ2n) is 12.8. The van der Waals surface area contributed by atoms with E-state index >= 15 is 0 Å². The summed E-state index contributed by atoms with van der Waals surface area (Å²) in [5.74, 6) is 1.43. The molecule has 0 aliphatic carbocycles. The molecule has 46 heavy (non-hydrogen) atoms. The number of piperidine rings is 1. The van der Waals surface area contributed by atoms with Crippen LogP contribution in [0, 0.1) is 5.92 Å². The van der Waals surface area contributed by atoms with Crippen molar-refractivity contribution in [1.29, 1.82) is 0 Å². The van der Waals surface area contributed by atoms with E-state index in [1.54, 1.807) is 24.7 Å². The van der Waals surface area contributed by atoms with E-state index in [4.69, 9.17) is 9.72 Å². The van der Waals surface area contributed by atoms with Crippen LogP contribution in [0.4, 0.5) is 24.8 Å². The van der Waals surface area contributed by atoms with Crippen LogP contribution in [0.2, 0.25) is 0 Å². The van der Waals surface area contributed by atoms with Crippen molar-refractivity contribution in [3.05, 3.63) is 76.1 Å². The molecular weight excluding hydrogens is 601 g/mol. The molecule has 0 saturated carbocycles. The SMILES string of the molecule is CC1CCCN(Cc2cc3c(c(C(F)(F)F)c2)CN(c2cc(C4(Cc5nncn5C)COC4)cc(NCc4c[nH]nn4)n2)C3=O)C1. The van der Waals surface area contributed by atoms with Gasteiger partial charge in [0, 0.05) is 43.7 Å². The number of rotatable bonds is 9. The molecule has 3 aromatic heterocycles. The van der Waals surface area contributed by atoms with Crippen LogP contribution in [0.1, 0.15) is 63.9 Å². The van der Waals surface area contributed by atoms with Gasteiger partial charge in [0.25, 0.3) is 5.91 Å². The van der Waals surface area contributed by atoms with Gasteiger partial charge in [-0.05, 0) is 66.3 Å². The summed E-state index contributed by atoms with van der Waals surface area (Å²) in [6.45, 7) is 5.01. The summed E-state index contributed by atoms with van der Waals surface area (Å²) >= 11 is 0. The Morgan fingerprint density at radius 1 is 1.17 bits per heavy atom. The van der Waals surface area contributed by atoms with Gasteiger partial charge in [-0.25, -0.2) is 4.98 Å². The van der Waals surface area contributed by atoms with Gasteiger partial charge >= 0.3 is 6.18 Å². The number of likely N-dealkylation sites (tertiary alicyclic amines) is 1. The first-order chi connectivity index (χ1) is 22.1. The number of benzene rings is 1. The monoisotopic (exact) mass is 636 g/mol. The summed E-state index contributed by atoms with van der Waals surface area (Å²) in [4.78, 5) is 22.2. The van der Waals surface area contributed by atoms with Crippen molar-refractivity contribution < 1.29 is 22.7 Å². The van der Waals surface area contributed by atoms with Crippen LogP contribution in [-0.2, 0) is 49.4 Å². The molecule has 6 heterocycles. The van der Waals surface area contributed by atoms with Crippen molar-refractivity contribution >= 4 is 17.5 Å². The molecule has 0 bridgehead atoms. The molecule has 1 aromatic carbocycles. The van der Waals surface area contributed by atoms with E-state index in [0.717, 1.165) is 37.3 Å². The fourth-order valence-electron chi connectivity index (χ4n) is 6.72. The first-order valence-electron chi connectivity index (χ1n) is 15.4. The van der Waals surface area contributed by atoms with Gasteiger partial charge in [0.15, 0.2) is 0 Å². The number of anilines is 2. The fraction of sp³-hybridized carbons (Fsp3) is 0.484. The Bertz CT molecular complexity index is 1730. The molecule has 3 aliphatic heterocycles. The van der Waals surface area contributed by atoms with Gasteiger partial charge in [-0.3, -0.25) is 19.7 Å². The number of halogens is 3. The maximum Gasteiger partial charge on any atom is 0.416 e. The fourth-order valence-corrected chi connectivity index (χ4v) is 6.72. The van der Waals surface area contributed by atoms with E-state index < -0.39 is 23.1 Å². The molecule has 3 aliphatic rings. The second-order valence-corrected chi connectivity index (χ2v) is 12.8. The number of aromatic amines is 1. The zero-order chi connectivity index (χ0) is 32.1. The molecule has 7 rings (SSSR count). The number of carbonyl (C=O) groups excluding carboxylic acids is 1. The third kappa shape index (κ3) is 5.84. The minimum Gasteiger partial charge on any atom is -0.379 e. The molecule has 0 spiro atoms. The number of ether oxygens (including phenoxy) is 1. The molecule has 1 amide bonds. The first-order valence-corrected chi connectivity index (χ1v) is 15.4. The minimum atomic E-state index is -4.62. The number of hydrogen-bond acceptors (Lipinski definition) is 9. The summed E-state index contributed by atoms with van der Waals surface area (Å²) in [6.07, 6.45) is 1.28. The molecule has 2 N–H and O–H groups in total. The van der Waals surface area contributed by atoms with Crippen molar-refractivity contribution in [2.24, 2.45) is 13.0 Å². The highest BCUT2D eigenvalue weighted by atomic mass is 19.4. The lowest BCUT2D eigenvalue weighted by Crippen LogP contribution is -2.49. The van der Waals surface area contributed by atoms with Gasteiger partial charge in [0.1, 0.15) is 29.5 Å². The summed E-state index contributed by atoms with van der Waals surface area (Å²) < 4.78 is 51.0. The number of nitrogens with zero attached hydrogens (tertiary/aromatic N) is 8. The highest BCUT2D eigenvalue weighted by Gasteiger charge is 2.44. The Hall–Kier alpha value is -4.37. The number of pyridine rings is 1. The number of aryl methyl sites for hydroxylation is 1. The summed E-state index contributed by atoms with van der Waals surface area (Å²) in [5.41, 5.74) is 0.736. The second kappa shape index (κ2) is 11.8. The van der Waals surface area contributed by atoms with Crippen molar-refractivity contribution in [3.8, 4) is 0 Å². The smallest absolute Gasteiger partial charge is 0.379 e. The molecule has 2 saturated heterocycles. The summed E-state index contributed by atoms with van der Waals surface area (Å²) in [7, 11) is 1.86. The number of hydrogen-bond donors (Lipinski definition) is 2. The molecule has 0 radical (unpaired) electrons. The molecule has 2 fully saturated rings. The van der Waals surface area contributed by atoms with Crippen LogP contribution in [0.25, 0.3) is 0 Å². The lowest BCUT2D eigenvalue weighted by molar-refractivity contribution is -0.138. The van der Waals surface area contributed by atoms with Crippen LogP contribution in [0.15, 0.2) is 36.8 Å². The zero-order valence-electron chi connectivity index (χ0n) is 25.6. The van der Waals surface area contributed by atoms with Crippen LogP contribution in [0.3, 0.4) is 0 Å². The van der Waals surface area contributed by atoms with Gasteiger partial charge in [-0.15, -0.1) is 15.3 Å². The third-order valence-corrected chi connectivity index (χ3v) is 9.23. The van der Waals surface area contributed by atoms with Crippen molar-refractivity contribution in [3.63, 3.8) is 0 Å². The lowest BCUT2D eigenvalue weighted by Gasteiger charge is -2.42. The van der Waals surface area contributed by atoms with Gasteiger partial charge in [-0.2, -0.15) is 13.2 Å². The Balaban J connectivity index is 1.25. The summed E-state index contributed by atoms with van der Waals surface area (Å²) in [5, 5.41) is 21.9. The van der Waals surface area contributed by atoms with Crippen molar-refractivity contribution in [1.82, 2.24) is 40.1 Å². The van der Waals surface area contributed by atoms with E-state index in [9.17, 15) is 18.0 Å². The standard InChI is InChI=1S/C31H35F3N10O2/c1-19-4-3-5-43(13-19)14-20-6-23-24(25(7-20)31(32,33)34)15-44(29(23)45)27-9-21(8-26(38-27)35-11-22-12-36-41-39-22)30(16-46-17-30)10-28-40-37-18-42(28)2/h6-9,12,18-19H,3-5,10-11,13-17H2,1-2H3,(H,35,38)(H,36,39,41). The van der Waals surface area contributed by atoms with Gasteiger partial charge < -0.3 is 14.6 Å². The highest BCUT2D eigenvalue weighted by Crippen LogP contribution is 2.42. The number of carbonyl (C=O) groups is 1. The predicted octanol–water partition coefficient (Wildman–Crippen LogP) is 3.86. The van der Waals surface area contributed by atoms with Gasteiger partial charge in [0.05, 0.1) is 31.9 Å². The number of H-pyrrole nitrogens is 1. The van der Waals surface area contributed by atoms with Crippen LogP contribution >= 0.6 is 0 Å². The molecule has 4 aromatic rings. The van der Waals surface area contributed by atoms with E-state index in [1.807, 2.05) is 17.7 Å². The number of fused-ring (bicyclic) bond motifs is 1. The third-order valence-electron chi connectivity index (χ3n) is 9.23. The van der Waals surface area contributed by atoms with Gasteiger partial charge in [-0.1, -0.05) is 12.1 Å². The number of nitrogens with one attached hydrogen (secondary N) is 2. The summed E-state index contributed by atoms with van der Waals surface area (Å²) in [6, 6.07) is 6.52. The van der Waals surface area contributed by atoms with E-state index in [-0.39, 0.29) is 23.5 Å². The Morgan fingerprint density at radius 3 is 2.70 bits per heavy atom. The van der Waals surface area contributed by atoms with Crippen LogP contribution < -0.4 is 10.2 Å². The average Bonchev–Trinajstić information content (AvgIpc) is 3.74. The molecular formula is C31H35F3N10O2. The number of alkyl halides is 3. The molecule has 1 unspecified atom stereocenters. The lowest BCUT2D eigenvalue weighted by atomic mass is 9.75. The maximum absolute atomic E-state index is 14.5. The molecule has 12 nitrogen and oxygen atoms in total. The first kappa shape index (κ1) is 30.3. The van der Waals surface area contributed by atoms with Crippen LogP contribution in [-0.4, -0.2) is 72.3 Å². The van der Waals surface area contributed by atoms with E-state index in [2.05, 4.69) is 42.7 Å². The number of aromatic nitrogens is 7. The largest absolute Gasteiger partial charge is 0.416 e. The van der Waals surface area contributed by atoms with Crippen LogP contribution in [0.5, 0.6) is 0 Å². The molecule has 242 valence electrons. The molecule has 15 heteroatoms. The highest BCUT2D eigenvalue weighted by molar-refractivity contribution is 6.10. The van der Waals surface area contributed by atoms with E-state index in [0.29, 0.717) is 55.7 Å². The minimum absolute atomic E-state index is 0.0293. The zero-order valence-corrected chi connectivity index (χ0v) is 25.6. The quantitative estimate of drug-likeness (QED) is 0.281. The average molecular weight is 637 g/mol. The Labute approximate surface area is 263 Å². The number of amides is 1.